The molecule has 0 heterocycles. The van der Waals surface area contributed by atoms with Crippen LogP contribution in [0, 0.1) is 5.92 Å². The molecule has 6 heteroatoms. The molecule has 0 bridgehead atoms. The van der Waals surface area contributed by atoms with E-state index in [1.165, 1.54) is 44.9 Å². The summed E-state index contributed by atoms with van der Waals surface area (Å²) in [7, 11) is 3.44. The van der Waals surface area contributed by atoms with Crippen molar-refractivity contribution in [3.8, 4) is 0 Å². The van der Waals surface area contributed by atoms with Crippen molar-refractivity contribution in [1.29, 1.82) is 0 Å². The summed E-state index contributed by atoms with van der Waals surface area (Å²) < 4.78 is 0. The minimum absolute atomic E-state index is 0. The molecule has 0 atom stereocenters. The van der Waals surface area contributed by atoms with Crippen LogP contribution in [0.3, 0.4) is 0 Å². The van der Waals surface area contributed by atoms with Gasteiger partial charge in [0.1, 0.15) is 0 Å². The minimum atomic E-state index is -0.0602. The van der Waals surface area contributed by atoms with E-state index in [-0.39, 0.29) is 29.9 Å². The zero-order valence-corrected chi connectivity index (χ0v) is 18.3. The number of amides is 1. The van der Waals surface area contributed by atoms with Crippen LogP contribution in [0.1, 0.15) is 60.9 Å². The van der Waals surface area contributed by atoms with Gasteiger partial charge < -0.3 is 16.0 Å². The maximum Gasteiger partial charge on any atom is 0.251 e. The van der Waals surface area contributed by atoms with Crippen molar-refractivity contribution in [2.24, 2.45) is 10.9 Å². The Morgan fingerprint density at radius 2 is 1.81 bits per heavy atom. The molecular weight excluding hydrogens is 439 g/mol. The fraction of sp³-hybridized carbons (Fsp3) is 0.600. The topological polar surface area (TPSA) is 65.5 Å². The second-order valence-corrected chi connectivity index (χ2v) is 6.77. The van der Waals surface area contributed by atoms with Crippen LogP contribution in [0.15, 0.2) is 29.3 Å². The maximum absolute atomic E-state index is 11.5. The fourth-order valence-electron chi connectivity index (χ4n) is 3.40. The van der Waals surface area contributed by atoms with E-state index in [1.54, 1.807) is 14.1 Å². The number of halogens is 1. The van der Waals surface area contributed by atoms with Gasteiger partial charge in [-0.25, -0.2) is 0 Å². The molecule has 0 aromatic heterocycles. The molecule has 0 unspecified atom stereocenters. The number of carbonyl (C=O) groups excluding carboxylic acids is 1. The van der Waals surface area contributed by atoms with E-state index in [0.29, 0.717) is 12.1 Å². The van der Waals surface area contributed by atoms with Crippen molar-refractivity contribution in [3.05, 3.63) is 35.4 Å². The lowest BCUT2D eigenvalue weighted by molar-refractivity contribution is 0.0963. The number of aliphatic imine (C=N–C) groups is 1. The lowest BCUT2D eigenvalue weighted by atomic mass is 9.86. The van der Waals surface area contributed by atoms with Gasteiger partial charge in [0.2, 0.25) is 0 Å². The predicted molar refractivity (Wildman–Crippen MR) is 119 cm³/mol. The fourth-order valence-corrected chi connectivity index (χ4v) is 3.40. The standard InChI is InChI=1S/C20H32N4O.HI/c1-21-19(25)18-12-10-17(11-13-18)15-24-20(22-2)23-14-6-9-16-7-4-3-5-8-16;/h10-13,16H,3-9,14-15H2,1-2H3,(H,21,25)(H2,22,23,24);1H. The first kappa shape index (κ1) is 22.7. The molecule has 3 N–H and O–H groups in total. The Labute approximate surface area is 174 Å². The highest BCUT2D eigenvalue weighted by atomic mass is 127. The summed E-state index contributed by atoms with van der Waals surface area (Å²) in [5.74, 6) is 1.71. The molecule has 146 valence electrons. The van der Waals surface area contributed by atoms with Crippen LogP contribution in [-0.2, 0) is 6.54 Å². The third-order valence-corrected chi connectivity index (χ3v) is 4.93. The van der Waals surface area contributed by atoms with Gasteiger partial charge in [-0.2, -0.15) is 0 Å². The molecule has 26 heavy (non-hydrogen) atoms. The number of guanidine groups is 1. The van der Waals surface area contributed by atoms with Gasteiger partial charge >= 0.3 is 0 Å². The quantitative estimate of drug-likeness (QED) is 0.246. The highest BCUT2D eigenvalue weighted by Crippen LogP contribution is 2.26. The lowest BCUT2D eigenvalue weighted by Crippen LogP contribution is -2.37. The van der Waals surface area contributed by atoms with Crippen LogP contribution in [-0.4, -0.2) is 32.5 Å². The first-order chi connectivity index (χ1) is 12.2. The van der Waals surface area contributed by atoms with Crippen LogP contribution >= 0.6 is 24.0 Å². The van der Waals surface area contributed by atoms with Crippen LogP contribution in [0.2, 0.25) is 0 Å². The molecule has 0 radical (unpaired) electrons. The van der Waals surface area contributed by atoms with Crippen molar-refractivity contribution in [3.63, 3.8) is 0 Å². The van der Waals surface area contributed by atoms with Crippen LogP contribution in [0.4, 0.5) is 0 Å². The first-order valence-corrected chi connectivity index (χ1v) is 9.48. The van der Waals surface area contributed by atoms with Crippen LogP contribution < -0.4 is 16.0 Å². The second kappa shape index (κ2) is 12.9. The van der Waals surface area contributed by atoms with Gasteiger partial charge in [0, 0.05) is 32.7 Å². The Balaban J connectivity index is 0.00000338. The van der Waals surface area contributed by atoms with Crippen LogP contribution in [0.25, 0.3) is 0 Å². The summed E-state index contributed by atoms with van der Waals surface area (Å²) in [4.78, 5) is 15.8. The van der Waals surface area contributed by atoms with Gasteiger partial charge in [-0.15, -0.1) is 24.0 Å². The summed E-state index contributed by atoms with van der Waals surface area (Å²) >= 11 is 0. The molecular formula is C20H33IN4O. The van der Waals surface area contributed by atoms with Crippen molar-refractivity contribution < 1.29 is 4.79 Å². The van der Waals surface area contributed by atoms with E-state index in [1.807, 2.05) is 24.3 Å². The van der Waals surface area contributed by atoms with Crippen molar-refractivity contribution in [1.82, 2.24) is 16.0 Å². The molecule has 1 aromatic carbocycles. The number of rotatable bonds is 7. The Kier molecular flexibility index (Phi) is 11.3. The maximum atomic E-state index is 11.5. The van der Waals surface area contributed by atoms with Gasteiger partial charge in [0.05, 0.1) is 0 Å². The summed E-state index contributed by atoms with van der Waals surface area (Å²) in [6.07, 6.45) is 9.62. The summed E-state index contributed by atoms with van der Waals surface area (Å²) in [6.45, 7) is 1.65. The van der Waals surface area contributed by atoms with E-state index in [0.717, 1.165) is 24.0 Å². The SMILES string of the molecule is CN=C(NCCCC1CCCCC1)NCc1ccc(C(=O)NC)cc1.I. The largest absolute Gasteiger partial charge is 0.356 e. The molecule has 1 amide bonds. The molecule has 1 aromatic rings. The summed E-state index contributed by atoms with van der Waals surface area (Å²) in [6, 6.07) is 7.62. The molecule has 0 spiro atoms. The summed E-state index contributed by atoms with van der Waals surface area (Å²) in [5.41, 5.74) is 1.80. The van der Waals surface area contributed by atoms with E-state index in [2.05, 4.69) is 20.9 Å². The normalized spacial score (nSPS) is 15.1. The monoisotopic (exact) mass is 472 g/mol. The number of benzene rings is 1. The Morgan fingerprint density at radius 1 is 1.12 bits per heavy atom. The van der Waals surface area contributed by atoms with Crippen LogP contribution in [0.5, 0.6) is 0 Å². The summed E-state index contributed by atoms with van der Waals surface area (Å²) in [5, 5.41) is 9.35. The minimum Gasteiger partial charge on any atom is -0.356 e. The smallest absolute Gasteiger partial charge is 0.251 e. The molecule has 1 aliphatic carbocycles. The Hall–Kier alpha value is -1.31. The van der Waals surface area contributed by atoms with E-state index in [4.69, 9.17) is 0 Å². The second-order valence-electron chi connectivity index (χ2n) is 6.77. The zero-order chi connectivity index (χ0) is 17.9. The number of nitrogens with one attached hydrogen (secondary N) is 3. The van der Waals surface area contributed by atoms with Gasteiger partial charge in [-0.1, -0.05) is 44.2 Å². The molecule has 5 nitrogen and oxygen atoms in total. The highest BCUT2D eigenvalue weighted by molar-refractivity contribution is 14.0. The zero-order valence-electron chi connectivity index (χ0n) is 16.0. The number of hydrogen-bond donors (Lipinski definition) is 3. The molecule has 0 saturated heterocycles. The Bertz CT molecular complexity index is 553. The number of carbonyl (C=O) groups is 1. The van der Waals surface area contributed by atoms with Crippen molar-refractivity contribution >= 4 is 35.8 Å². The van der Waals surface area contributed by atoms with E-state index >= 15 is 0 Å². The lowest BCUT2D eigenvalue weighted by Gasteiger charge is -2.21. The van der Waals surface area contributed by atoms with Crippen molar-refractivity contribution in [2.45, 2.75) is 51.5 Å². The molecule has 1 aliphatic rings. The van der Waals surface area contributed by atoms with Gasteiger partial charge in [-0.05, 0) is 36.5 Å². The van der Waals surface area contributed by atoms with E-state index < -0.39 is 0 Å². The van der Waals surface area contributed by atoms with Gasteiger partial charge in [0.15, 0.2) is 5.96 Å². The third kappa shape index (κ3) is 7.93. The molecule has 1 saturated carbocycles. The first-order valence-electron chi connectivity index (χ1n) is 9.48. The predicted octanol–water partition coefficient (Wildman–Crippen LogP) is 3.69. The van der Waals surface area contributed by atoms with E-state index in [9.17, 15) is 4.79 Å². The average molecular weight is 472 g/mol. The Morgan fingerprint density at radius 3 is 2.42 bits per heavy atom. The third-order valence-electron chi connectivity index (χ3n) is 4.93. The highest BCUT2D eigenvalue weighted by Gasteiger charge is 2.12. The average Bonchev–Trinajstić information content (AvgIpc) is 2.68. The van der Waals surface area contributed by atoms with Gasteiger partial charge in [-0.3, -0.25) is 9.79 Å². The van der Waals surface area contributed by atoms with Gasteiger partial charge in [0.25, 0.3) is 5.91 Å². The molecule has 2 rings (SSSR count). The molecule has 0 aliphatic heterocycles. The van der Waals surface area contributed by atoms with Crippen molar-refractivity contribution in [2.75, 3.05) is 20.6 Å². The molecule has 1 fully saturated rings. The number of nitrogens with zero attached hydrogens (tertiary/aromatic N) is 1. The number of hydrogen-bond acceptors (Lipinski definition) is 2.